The van der Waals surface area contributed by atoms with E-state index in [2.05, 4.69) is 49.8 Å². The van der Waals surface area contributed by atoms with Gasteiger partial charge >= 0.3 is 0 Å². The molecular weight excluding hydrogens is 799 g/mol. The maximum Gasteiger partial charge on any atom is 0.224 e. The van der Waals surface area contributed by atoms with Crippen molar-refractivity contribution in [3.63, 3.8) is 0 Å². The second-order valence-electron chi connectivity index (χ2n) is 15.6. The third-order valence-corrected chi connectivity index (χ3v) is 11.7. The van der Waals surface area contributed by atoms with Crippen molar-refractivity contribution in [2.45, 2.75) is 38.8 Å². The van der Waals surface area contributed by atoms with E-state index in [0.29, 0.717) is 98.5 Å². The molecule has 10 heterocycles. The summed E-state index contributed by atoms with van der Waals surface area (Å²) in [6.45, 7) is 7.24. The Hall–Kier alpha value is -7.38. The molecule has 20 heteroatoms. The number of hydrogen-bond acceptors (Lipinski definition) is 16. The van der Waals surface area contributed by atoms with Crippen LogP contribution in [0.15, 0.2) is 73.6 Å². The largest absolute Gasteiger partial charge is 0.370 e. The minimum atomic E-state index is -0.555. The minimum Gasteiger partial charge on any atom is -0.370 e. The van der Waals surface area contributed by atoms with E-state index in [1.807, 2.05) is 39.5 Å². The molecule has 2 fully saturated rings. The van der Waals surface area contributed by atoms with Crippen LogP contribution >= 0.6 is 0 Å². The first-order valence-corrected chi connectivity index (χ1v) is 20.2. The van der Waals surface area contributed by atoms with Gasteiger partial charge in [-0.1, -0.05) is 0 Å². The lowest BCUT2D eigenvalue weighted by Crippen LogP contribution is -2.53. The fourth-order valence-corrected chi connectivity index (χ4v) is 8.09. The fourth-order valence-electron chi connectivity index (χ4n) is 8.09. The number of nitrogens with two attached hydrogens (primary N) is 2. The predicted octanol–water partition coefficient (Wildman–Crippen LogP) is 3.03. The zero-order valence-corrected chi connectivity index (χ0v) is 33.9. The molecule has 0 saturated carbocycles. The van der Waals surface area contributed by atoms with E-state index in [-0.39, 0.29) is 41.6 Å². The molecule has 0 bridgehead atoms. The van der Waals surface area contributed by atoms with Crippen molar-refractivity contribution in [1.29, 1.82) is 0 Å². The average molecular weight is 841 g/mol. The highest BCUT2D eigenvalue weighted by Gasteiger charge is 2.35. The summed E-state index contributed by atoms with van der Waals surface area (Å²) in [5.41, 5.74) is 15.2. The Balaban J connectivity index is 0.000000158. The Morgan fingerprint density at radius 3 is 1.55 bits per heavy atom. The molecule has 0 spiro atoms. The van der Waals surface area contributed by atoms with E-state index in [1.165, 1.54) is 18.2 Å². The van der Waals surface area contributed by atoms with Crippen LogP contribution in [-0.4, -0.2) is 101 Å². The van der Waals surface area contributed by atoms with E-state index in [0.717, 1.165) is 22.5 Å². The van der Waals surface area contributed by atoms with Crippen LogP contribution in [0.5, 0.6) is 0 Å². The first-order chi connectivity index (χ1) is 30.0. The number of hydrogen-bond donors (Lipinski definition) is 2. The predicted molar refractivity (Wildman–Crippen MR) is 223 cm³/mol. The number of amides is 2. The molecule has 4 aliphatic rings. The number of carbonyl (C=O) groups excluding carboxylic acids is 2. The van der Waals surface area contributed by atoms with Crippen molar-refractivity contribution in [1.82, 2.24) is 49.8 Å². The second kappa shape index (κ2) is 16.6. The van der Waals surface area contributed by atoms with Gasteiger partial charge in [-0.2, -0.15) is 4.39 Å². The lowest BCUT2D eigenvalue weighted by Gasteiger charge is -2.40. The maximum atomic E-state index is 14.4. The van der Waals surface area contributed by atoms with Crippen LogP contribution in [0.3, 0.4) is 0 Å². The van der Waals surface area contributed by atoms with Gasteiger partial charge in [0.05, 0.1) is 35.3 Å². The lowest BCUT2D eigenvalue weighted by molar-refractivity contribution is -0.123. The van der Waals surface area contributed by atoms with Crippen molar-refractivity contribution < 1.29 is 18.4 Å². The Morgan fingerprint density at radius 1 is 0.581 bits per heavy atom. The topological polar surface area (TPSA) is 228 Å². The number of anilines is 4. The summed E-state index contributed by atoms with van der Waals surface area (Å²) in [6, 6.07) is 9.40. The van der Waals surface area contributed by atoms with Crippen LogP contribution in [0.2, 0.25) is 0 Å². The van der Waals surface area contributed by atoms with Gasteiger partial charge in [0.2, 0.25) is 17.8 Å². The average Bonchev–Trinajstić information content (AvgIpc) is 3.23. The van der Waals surface area contributed by atoms with Gasteiger partial charge in [-0.25, -0.2) is 54.2 Å². The van der Waals surface area contributed by atoms with Crippen molar-refractivity contribution in [3.05, 3.63) is 108 Å². The van der Waals surface area contributed by atoms with Gasteiger partial charge in [-0.3, -0.25) is 9.59 Å². The number of primary amides is 2. The highest BCUT2D eigenvalue weighted by molar-refractivity contribution is 5.81. The van der Waals surface area contributed by atoms with Crippen LogP contribution in [0.4, 0.5) is 31.9 Å². The van der Waals surface area contributed by atoms with Gasteiger partial charge in [-0.15, -0.1) is 0 Å². The Labute approximate surface area is 354 Å². The molecule has 0 aliphatic carbocycles. The molecule has 10 rings (SSSR count). The molecular formula is C42H42F2N16O2. The van der Waals surface area contributed by atoms with Crippen LogP contribution < -0.4 is 31.1 Å². The molecule has 62 heavy (non-hydrogen) atoms. The van der Waals surface area contributed by atoms with E-state index in [1.54, 1.807) is 49.3 Å². The van der Waals surface area contributed by atoms with Gasteiger partial charge in [-0.05, 0) is 26.0 Å². The summed E-state index contributed by atoms with van der Waals surface area (Å²) in [5, 5.41) is 0. The normalized spacial score (nSPS) is 18.5. The summed E-state index contributed by atoms with van der Waals surface area (Å²) < 4.78 is 28.7. The molecule has 6 aromatic heterocycles. The Kier molecular flexibility index (Phi) is 10.7. The smallest absolute Gasteiger partial charge is 0.224 e. The van der Waals surface area contributed by atoms with Crippen molar-refractivity contribution in [3.8, 4) is 23.3 Å². The fraction of sp³-hybridized carbons (Fsp3) is 0.333. The van der Waals surface area contributed by atoms with Gasteiger partial charge in [0.1, 0.15) is 23.3 Å². The first kappa shape index (κ1) is 40.0. The van der Waals surface area contributed by atoms with Gasteiger partial charge in [0, 0.05) is 130 Å². The molecule has 316 valence electrons. The molecule has 2 atom stereocenters. The molecule has 2 saturated heterocycles. The summed E-state index contributed by atoms with van der Waals surface area (Å²) in [7, 11) is 0. The van der Waals surface area contributed by atoms with Crippen LogP contribution in [0.25, 0.3) is 23.3 Å². The molecule has 18 nitrogen and oxygen atoms in total. The first-order valence-electron chi connectivity index (χ1n) is 20.2. The van der Waals surface area contributed by atoms with E-state index in [9.17, 15) is 18.4 Å². The van der Waals surface area contributed by atoms with Crippen molar-refractivity contribution >= 4 is 35.0 Å². The van der Waals surface area contributed by atoms with E-state index >= 15 is 0 Å². The number of rotatable bonds is 8. The summed E-state index contributed by atoms with van der Waals surface area (Å²) in [6.07, 6.45) is 11.6. The standard InChI is InChI=1S/2C21H21FN8O/c1-12-15-9-26-21(20-24-4-2-5-25-20)27-16(15)3-6-30(12)18-8-14(7-17(22)28-18)29-10-13(11-29)19(23)31;1-12-15-9-26-21(20-24-4-2-5-25-20)27-16(15)3-6-30(12)18-8-14(22)7-17(28-18)29-10-13(11-29)19(23)31/h2*2,4-5,7-9,12-13H,3,6,10-11H2,1H3,(H2,23,31). The highest BCUT2D eigenvalue weighted by atomic mass is 19.1. The SMILES string of the molecule is CC1c2cnc(-c3ncccn3)nc2CCN1c1cc(F)cc(N2CC(C(N)=O)C2)n1.CC1c2cnc(-c3ncccn3)nc2CCN1c1cc(N2CC(C(N)=O)C2)cc(F)n1. The number of carbonyl (C=O) groups is 2. The third kappa shape index (κ3) is 7.97. The third-order valence-electron chi connectivity index (χ3n) is 11.7. The highest BCUT2D eigenvalue weighted by Crippen LogP contribution is 2.36. The summed E-state index contributed by atoms with van der Waals surface area (Å²) >= 11 is 0. The van der Waals surface area contributed by atoms with Gasteiger partial charge < -0.3 is 31.1 Å². The maximum absolute atomic E-state index is 14.4. The van der Waals surface area contributed by atoms with Gasteiger partial charge in [0.25, 0.3) is 0 Å². The van der Waals surface area contributed by atoms with Gasteiger partial charge in [0.15, 0.2) is 23.3 Å². The number of nitrogens with zero attached hydrogens (tertiary/aromatic N) is 14. The summed E-state index contributed by atoms with van der Waals surface area (Å²) in [4.78, 5) is 74.3. The number of pyridine rings is 2. The van der Waals surface area contributed by atoms with E-state index < -0.39 is 5.95 Å². The quantitative estimate of drug-likeness (QED) is 0.210. The number of aromatic nitrogens is 10. The number of fused-ring (bicyclic) bond motifs is 2. The minimum absolute atomic E-state index is 0.0774. The number of halogens is 2. The molecule has 6 aromatic rings. The molecule has 0 radical (unpaired) electrons. The van der Waals surface area contributed by atoms with Crippen LogP contribution in [0.1, 0.15) is 48.4 Å². The molecule has 2 amide bonds. The zero-order chi connectivity index (χ0) is 43.1. The monoisotopic (exact) mass is 840 g/mol. The van der Waals surface area contributed by atoms with Crippen LogP contribution in [0, 0.1) is 23.6 Å². The van der Waals surface area contributed by atoms with Crippen LogP contribution in [-0.2, 0) is 22.4 Å². The summed E-state index contributed by atoms with van der Waals surface area (Å²) in [5.74, 6) is 1.57. The Morgan fingerprint density at radius 2 is 1.05 bits per heavy atom. The zero-order valence-electron chi connectivity index (χ0n) is 33.9. The molecule has 2 unspecified atom stereocenters. The van der Waals surface area contributed by atoms with Crippen molar-refractivity contribution in [2.24, 2.45) is 23.3 Å². The molecule has 4 N–H and O–H groups in total. The second-order valence-corrected chi connectivity index (χ2v) is 15.6. The van der Waals surface area contributed by atoms with Crippen molar-refractivity contribution in [2.75, 3.05) is 58.9 Å². The van der Waals surface area contributed by atoms with E-state index in [4.69, 9.17) is 11.5 Å². The Bertz CT molecular complexity index is 2450. The lowest BCUT2D eigenvalue weighted by atomic mass is 9.98. The molecule has 0 aromatic carbocycles. The molecule has 4 aliphatic heterocycles.